The fourth-order valence-electron chi connectivity index (χ4n) is 2.68. The lowest BCUT2D eigenvalue weighted by atomic mass is 10.1. The molecule has 0 saturated carbocycles. The van der Waals surface area contributed by atoms with Gasteiger partial charge in [-0.1, -0.05) is 30.3 Å². The molecular weight excluding hydrogens is 326 g/mol. The molecule has 1 aromatic heterocycles. The third kappa shape index (κ3) is 3.87. The van der Waals surface area contributed by atoms with Crippen LogP contribution in [0.1, 0.15) is 29.9 Å². The number of hydrogen-bond donors (Lipinski definition) is 3. The highest BCUT2D eigenvalue weighted by molar-refractivity contribution is 8.13. The lowest BCUT2D eigenvalue weighted by Crippen LogP contribution is -2.28. The number of benzene rings is 1. The summed E-state index contributed by atoms with van der Waals surface area (Å²) in [6.07, 6.45) is 4.37. The molecule has 1 aromatic carbocycles. The SMILES string of the molecule is CSC(=N)c1ncc(C2(O)CCC(COCc3ccccc3)O2)[nH]1. The molecule has 128 valence electrons. The second kappa shape index (κ2) is 7.48. The average Bonchev–Trinajstić information content (AvgIpc) is 3.23. The van der Waals surface area contributed by atoms with E-state index in [0.717, 1.165) is 5.56 Å². The van der Waals surface area contributed by atoms with E-state index in [-0.39, 0.29) is 6.10 Å². The van der Waals surface area contributed by atoms with Gasteiger partial charge in [0.1, 0.15) is 5.04 Å². The predicted octanol–water partition coefficient (Wildman–Crippen LogP) is 2.64. The van der Waals surface area contributed by atoms with Crippen LogP contribution in [0, 0.1) is 5.41 Å². The second-order valence-electron chi connectivity index (χ2n) is 5.74. The molecule has 1 aliphatic heterocycles. The van der Waals surface area contributed by atoms with Crippen LogP contribution in [-0.4, -0.2) is 39.1 Å². The monoisotopic (exact) mass is 347 g/mol. The van der Waals surface area contributed by atoms with E-state index in [1.54, 1.807) is 0 Å². The first kappa shape index (κ1) is 17.2. The molecule has 3 N–H and O–H groups in total. The number of aromatic nitrogens is 2. The standard InChI is InChI=1S/C17H21N3O3S/c1-24-15(18)16-19-9-14(20-16)17(21)8-7-13(23-17)11-22-10-12-5-3-2-4-6-12/h2-6,9,13,18,21H,7-8,10-11H2,1H3,(H,19,20). The van der Waals surface area contributed by atoms with Crippen LogP contribution >= 0.6 is 11.8 Å². The van der Waals surface area contributed by atoms with E-state index in [4.69, 9.17) is 14.9 Å². The van der Waals surface area contributed by atoms with Crippen molar-refractivity contribution < 1.29 is 14.6 Å². The van der Waals surface area contributed by atoms with Gasteiger partial charge in [0.25, 0.3) is 0 Å². The Balaban J connectivity index is 1.54. The Morgan fingerprint density at radius 3 is 3.04 bits per heavy atom. The van der Waals surface area contributed by atoms with E-state index in [1.807, 2.05) is 36.6 Å². The first-order valence-corrected chi connectivity index (χ1v) is 9.03. The van der Waals surface area contributed by atoms with Crippen molar-refractivity contribution in [1.29, 1.82) is 5.41 Å². The average molecular weight is 347 g/mol. The van der Waals surface area contributed by atoms with Crippen LogP contribution in [0.15, 0.2) is 36.5 Å². The molecule has 2 heterocycles. The quantitative estimate of drug-likeness (QED) is 0.552. The molecule has 0 spiro atoms. The van der Waals surface area contributed by atoms with Crippen molar-refractivity contribution in [3.63, 3.8) is 0 Å². The van der Waals surface area contributed by atoms with Gasteiger partial charge >= 0.3 is 0 Å². The van der Waals surface area contributed by atoms with Crippen LogP contribution in [0.3, 0.4) is 0 Å². The second-order valence-corrected chi connectivity index (χ2v) is 6.56. The molecular formula is C17H21N3O3S. The van der Waals surface area contributed by atoms with E-state index >= 15 is 0 Å². The molecule has 6 nitrogen and oxygen atoms in total. The minimum absolute atomic E-state index is 0.162. The van der Waals surface area contributed by atoms with Gasteiger partial charge in [0.15, 0.2) is 5.82 Å². The predicted molar refractivity (Wildman–Crippen MR) is 93.0 cm³/mol. The van der Waals surface area contributed by atoms with E-state index in [1.165, 1.54) is 18.0 Å². The normalized spacial score (nSPS) is 23.5. The van der Waals surface area contributed by atoms with Crippen molar-refractivity contribution in [2.45, 2.75) is 31.3 Å². The van der Waals surface area contributed by atoms with Crippen LogP contribution in [0.2, 0.25) is 0 Å². The lowest BCUT2D eigenvalue weighted by Gasteiger charge is -2.21. The first-order chi connectivity index (χ1) is 11.6. The van der Waals surface area contributed by atoms with Crippen LogP contribution in [-0.2, 0) is 21.9 Å². The Bertz CT molecular complexity index is 691. The maximum absolute atomic E-state index is 10.7. The van der Waals surface area contributed by atoms with Gasteiger partial charge in [-0.15, -0.1) is 11.8 Å². The van der Waals surface area contributed by atoms with Crippen molar-refractivity contribution in [1.82, 2.24) is 9.97 Å². The van der Waals surface area contributed by atoms with Gasteiger partial charge in [0.2, 0.25) is 5.79 Å². The summed E-state index contributed by atoms with van der Waals surface area (Å²) >= 11 is 1.29. The highest BCUT2D eigenvalue weighted by Crippen LogP contribution is 2.36. The highest BCUT2D eigenvalue weighted by Gasteiger charge is 2.41. The molecule has 1 saturated heterocycles. The van der Waals surface area contributed by atoms with Crippen molar-refractivity contribution in [3.05, 3.63) is 53.6 Å². The zero-order valence-electron chi connectivity index (χ0n) is 13.5. The summed E-state index contributed by atoms with van der Waals surface area (Å²) in [6.45, 7) is 0.955. The number of aliphatic hydroxyl groups is 1. The van der Waals surface area contributed by atoms with Crippen molar-refractivity contribution in [2.75, 3.05) is 12.9 Å². The van der Waals surface area contributed by atoms with Gasteiger partial charge in [-0.2, -0.15) is 0 Å². The summed E-state index contributed by atoms with van der Waals surface area (Å²) in [7, 11) is 0. The van der Waals surface area contributed by atoms with Crippen LogP contribution in [0.4, 0.5) is 0 Å². The molecule has 0 aliphatic carbocycles. The fraction of sp³-hybridized carbons (Fsp3) is 0.412. The van der Waals surface area contributed by atoms with E-state index in [9.17, 15) is 5.11 Å². The van der Waals surface area contributed by atoms with E-state index in [2.05, 4.69) is 9.97 Å². The summed E-state index contributed by atoms with van der Waals surface area (Å²) in [5, 5.41) is 18.8. The maximum Gasteiger partial charge on any atom is 0.209 e. The van der Waals surface area contributed by atoms with E-state index in [0.29, 0.717) is 42.6 Å². The number of nitrogens with zero attached hydrogens (tertiary/aromatic N) is 1. The van der Waals surface area contributed by atoms with Gasteiger partial charge in [0.05, 0.1) is 31.2 Å². The van der Waals surface area contributed by atoms with Gasteiger partial charge in [0, 0.05) is 6.42 Å². The molecule has 7 heteroatoms. The Morgan fingerprint density at radius 1 is 1.50 bits per heavy atom. The molecule has 1 fully saturated rings. The number of ether oxygens (including phenoxy) is 2. The molecule has 2 unspecified atom stereocenters. The summed E-state index contributed by atoms with van der Waals surface area (Å²) in [5.41, 5.74) is 1.60. The molecule has 2 atom stereocenters. The minimum atomic E-state index is -1.38. The number of imidazole rings is 1. The molecule has 3 rings (SSSR count). The minimum Gasteiger partial charge on any atom is -0.374 e. The zero-order valence-corrected chi connectivity index (χ0v) is 14.3. The third-order valence-electron chi connectivity index (χ3n) is 4.00. The fourth-order valence-corrected chi connectivity index (χ4v) is 2.98. The Morgan fingerprint density at radius 2 is 2.29 bits per heavy atom. The van der Waals surface area contributed by atoms with Crippen molar-refractivity contribution >= 4 is 16.8 Å². The smallest absolute Gasteiger partial charge is 0.209 e. The Kier molecular flexibility index (Phi) is 5.35. The lowest BCUT2D eigenvalue weighted by molar-refractivity contribution is -0.210. The number of hydrogen-bond acceptors (Lipinski definition) is 6. The summed E-state index contributed by atoms with van der Waals surface area (Å²) in [4.78, 5) is 7.11. The first-order valence-electron chi connectivity index (χ1n) is 7.81. The maximum atomic E-state index is 10.7. The highest BCUT2D eigenvalue weighted by atomic mass is 32.2. The van der Waals surface area contributed by atoms with E-state index < -0.39 is 5.79 Å². The van der Waals surface area contributed by atoms with Crippen LogP contribution in [0.25, 0.3) is 0 Å². The Hall–Kier alpha value is -1.67. The van der Waals surface area contributed by atoms with Gasteiger partial charge in [-0.25, -0.2) is 4.98 Å². The Labute approximate surface area is 145 Å². The van der Waals surface area contributed by atoms with Crippen LogP contribution in [0.5, 0.6) is 0 Å². The number of thioether (sulfide) groups is 1. The molecule has 0 amide bonds. The number of nitrogens with one attached hydrogen (secondary N) is 2. The summed E-state index contributed by atoms with van der Waals surface area (Å²) in [6, 6.07) is 9.95. The largest absolute Gasteiger partial charge is 0.374 e. The van der Waals surface area contributed by atoms with Crippen LogP contribution < -0.4 is 0 Å². The molecule has 2 aromatic rings. The molecule has 24 heavy (non-hydrogen) atoms. The zero-order chi connectivity index (χ0) is 17.0. The van der Waals surface area contributed by atoms with Gasteiger partial charge < -0.3 is 19.6 Å². The molecule has 0 bridgehead atoms. The van der Waals surface area contributed by atoms with Gasteiger partial charge in [-0.05, 0) is 18.2 Å². The summed E-state index contributed by atoms with van der Waals surface area (Å²) < 4.78 is 11.5. The number of rotatable bonds is 6. The number of aromatic amines is 1. The van der Waals surface area contributed by atoms with Crippen molar-refractivity contribution in [2.24, 2.45) is 0 Å². The molecule has 0 radical (unpaired) electrons. The third-order valence-corrected chi connectivity index (χ3v) is 4.60. The summed E-state index contributed by atoms with van der Waals surface area (Å²) in [5.74, 6) is -0.941. The number of H-pyrrole nitrogens is 1. The van der Waals surface area contributed by atoms with Gasteiger partial charge in [-0.3, -0.25) is 5.41 Å². The van der Waals surface area contributed by atoms with Crippen molar-refractivity contribution in [3.8, 4) is 0 Å². The topological polar surface area (TPSA) is 91.2 Å². The molecule has 1 aliphatic rings.